The molecule has 1 unspecified atom stereocenters. The summed E-state index contributed by atoms with van der Waals surface area (Å²) in [5, 5.41) is 8.03. The first-order chi connectivity index (χ1) is 14.6. The number of H-pyrrole nitrogens is 1. The average Bonchev–Trinajstić information content (AvgIpc) is 3.31. The van der Waals surface area contributed by atoms with Crippen LogP contribution in [0, 0.1) is 0 Å². The molecule has 0 spiro atoms. The predicted molar refractivity (Wildman–Crippen MR) is 113 cm³/mol. The molecule has 0 aliphatic carbocycles. The van der Waals surface area contributed by atoms with Gasteiger partial charge in [-0.15, -0.1) is 0 Å². The van der Waals surface area contributed by atoms with Gasteiger partial charge in [-0.1, -0.05) is 23.7 Å². The van der Waals surface area contributed by atoms with Crippen molar-refractivity contribution in [2.45, 2.75) is 6.04 Å². The standard InChI is InChI=1S/C22H22ClN3O4/c1-28-11-10-26-21(16-9-8-15(29-2)12-17(16)30-3)18-19(24-25-20(18)22(26)27)13-4-6-14(23)7-5-13/h4-9,12,21H,10-11H2,1-3H3,(H,24,25). The van der Waals surface area contributed by atoms with E-state index < -0.39 is 0 Å². The minimum Gasteiger partial charge on any atom is -0.497 e. The Labute approximate surface area is 179 Å². The molecule has 1 N–H and O–H groups in total. The van der Waals surface area contributed by atoms with Gasteiger partial charge in [0, 0.05) is 41.4 Å². The number of methoxy groups -OCH3 is 3. The highest BCUT2D eigenvalue weighted by Crippen LogP contribution is 2.45. The molecule has 1 atom stereocenters. The average molecular weight is 428 g/mol. The van der Waals surface area contributed by atoms with Gasteiger partial charge in [-0.2, -0.15) is 5.10 Å². The van der Waals surface area contributed by atoms with Gasteiger partial charge in [-0.25, -0.2) is 0 Å². The Balaban J connectivity index is 1.89. The molecule has 1 aliphatic rings. The number of hydrogen-bond donors (Lipinski definition) is 1. The largest absolute Gasteiger partial charge is 0.497 e. The minimum absolute atomic E-state index is 0.127. The molecule has 0 bridgehead atoms. The van der Waals surface area contributed by atoms with Crippen molar-refractivity contribution in [1.29, 1.82) is 0 Å². The molecule has 4 rings (SSSR count). The summed E-state index contributed by atoms with van der Waals surface area (Å²) in [6.07, 6.45) is 0. The zero-order chi connectivity index (χ0) is 21.3. The fraction of sp³-hybridized carbons (Fsp3) is 0.273. The lowest BCUT2D eigenvalue weighted by molar-refractivity contribution is 0.0676. The van der Waals surface area contributed by atoms with Crippen LogP contribution in [0.5, 0.6) is 11.5 Å². The van der Waals surface area contributed by atoms with Crippen molar-refractivity contribution in [3.05, 3.63) is 64.3 Å². The third kappa shape index (κ3) is 3.40. The van der Waals surface area contributed by atoms with Crippen molar-refractivity contribution in [3.8, 4) is 22.8 Å². The summed E-state index contributed by atoms with van der Waals surface area (Å²) >= 11 is 6.05. The maximum Gasteiger partial charge on any atom is 0.273 e. The lowest BCUT2D eigenvalue weighted by Crippen LogP contribution is -2.32. The normalized spacial score (nSPS) is 15.4. The summed E-state index contributed by atoms with van der Waals surface area (Å²) in [6.45, 7) is 0.840. The lowest BCUT2D eigenvalue weighted by atomic mass is 9.95. The first kappa shape index (κ1) is 20.3. The molecular formula is C22H22ClN3O4. The number of ether oxygens (including phenoxy) is 3. The molecular weight excluding hydrogens is 406 g/mol. The van der Waals surface area contributed by atoms with Crippen molar-refractivity contribution in [2.24, 2.45) is 0 Å². The number of carbonyl (C=O) groups is 1. The molecule has 3 aromatic rings. The number of benzene rings is 2. The highest BCUT2D eigenvalue weighted by atomic mass is 35.5. The van der Waals surface area contributed by atoms with E-state index in [0.29, 0.717) is 41.1 Å². The Kier molecular flexibility index (Phi) is 5.65. The monoisotopic (exact) mass is 427 g/mol. The second-order valence-corrected chi connectivity index (χ2v) is 7.31. The van der Waals surface area contributed by atoms with Gasteiger partial charge in [0.1, 0.15) is 17.2 Å². The number of aromatic amines is 1. The number of hydrogen-bond acceptors (Lipinski definition) is 5. The van der Waals surface area contributed by atoms with Gasteiger partial charge in [0.25, 0.3) is 5.91 Å². The van der Waals surface area contributed by atoms with Crippen LogP contribution < -0.4 is 9.47 Å². The third-order valence-corrected chi connectivity index (χ3v) is 5.50. The van der Waals surface area contributed by atoms with Crippen LogP contribution in [0.2, 0.25) is 5.02 Å². The number of nitrogens with zero attached hydrogens (tertiary/aromatic N) is 2. The molecule has 7 nitrogen and oxygen atoms in total. The molecule has 8 heteroatoms. The number of aromatic nitrogens is 2. The van der Waals surface area contributed by atoms with Gasteiger partial charge < -0.3 is 19.1 Å². The number of halogens is 1. The quantitative estimate of drug-likeness (QED) is 0.618. The molecule has 0 saturated heterocycles. The topological polar surface area (TPSA) is 76.7 Å². The van der Waals surface area contributed by atoms with Gasteiger partial charge in [0.2, 0.25) is 0 Å². The fourth-order valence-corrected chi connectivity index (χ4v) is 3.94. The summed E-state index contributed by atoms with van der Waals surface area (Å²) in [6, 6.07) is 12.6. The lowest BCUT2D eigenvalue weighted by Gasteiger charge is -2.27. The van der Waals surface area contributed by atoms with E-state index in [1.807, 2.05) is 30.3 Å². The highest BCUT2D eigenvalue weighted by Gasteiger charge is 2.43. The van der Waals surface area contributed by atoms with Crippen molar-refractivity contribution in [1.82, 2.24) is 15.1 Å². The van der Waals surface area contributed by atoms with Gasteiger partial charge >= 0.3 is 0 Å². The van der Waals surface area contributed by atoms with E-state index in [2.05, 4.69) is 10.2 Å². The van der Waals surface area contributed by atoms with Crippen molar-refractivity contribution in [2.75, 3.05) is 34.5 Å². The summed E-state index contributed by atoms with van der Waals surface area (Å²) in [4.78, 5) is 15.0. The summed E-state index contributed by atoms with van der Waals surface area (Å²) < 4.78 is 16.2. The molecule has 0 fully saturated rings. The van der Waals surface area contributed by atoms with E-state index in [9.17, 15) is 4.79 Å². The second-order valence-electron chi connectivity index (χ2n) is 6.87. The van der Waals surface area contributed by atoms with Crippen molar-refractivity contribution >= 4 is 17.5 Å². The first-order valence-corrected chi connectivity index (χ1v) is 9.82. The number of nitrogens with one attached hydrogen (secondary N) is 1. The Morgan fingerprint density at radius 3 is 2.53 bits per heavy atom. The van der Waals surface area contributed by atoms with E-state index in [1.54, 1.807) is 38.4 Å². The van der Waals surface area contributed by atoms with Gasteiger partial charge in [0.05, 0.1) is 32.6 Å². The van der Waals surface area contributed by atoms with Crippen LogP contribution in [-0.2, 0) is 4.74 Å². The maximum absolute atomic E-state index is 13.2. The zero-order valence-electron chi connectivity index (χ0n) is 16.9. The molecule has 1 aromatic heterocycles. The molecule has 2 aromatic carbocycles. The Bertz CT molecular complexity index is 1060. The van der Waals surface area contributed by atoms with Crippen LogP contribution in [0.25, 0.3) is 11.3 Å². The van der Waals surface area contributed by atoms with Crippen molar-refractivity contribution < 1.29 is 19.0 Å². The Morgan fingerprint density at radius 2 is 1.87 bits per heavy atom. The molecule has 1 amide bonds. The van der Waals surface area contributed by atoms with Crippen LogP contribution >= 0.6 is 11.6 Å². The second kappa shape index (κ2) is 8.38. The molecule has 156 valence electrons. The maximum atomic E-state index is 13.2. The fourth-order valence-electron chi connectivity index (χ4n) is 3.81. The van der Waals surface area contributed by atoms with Crippen LogP contribution in [0.4, 0.5) is 0 Å². The van der Waals surface area contributed by atoms with Crippen LogP contribution in [0.15, 0.2) is 42.5 Å². The molecule has 0 radical (unpaired) electrons. The van der Waals surface area contributed by atoms with Crippen LogP contribution in [0.1, 0.15) is 27.7 Å². The third-order valence-electron chi connectivity index (χ3n) is 5.25. The van der Waals surface area contributed by atoms with Crippen LogP contribution in [-0.4, -0.2) is 55.5 Å². The number of amides is 1. The summed E-state index contributed by atoms with van der Waals surface area (Å²) in [5.41, 5.74) is 3.70. The molecule has 30 heavy (non-hydrogen) atoms. The van der Waals surface area contributed by atoms with Crippen LogP contribution in [0.3, 0.4) is 0 Å². The van der Waals surface area contributed by atoms with E-state index in [-0.39, 0.29) is 11.9 Å². The Morgan fingerprint density at radius 1 is 1.10 bits per heavy atom. The zero-order valence-corrected chi connectivity index (χ0v) is 17.7. The smallest absolute Gasteiger partial charge is 0.273 e. The Hall–Kier alpha value is -3.03. The number of carbonyl (C=O) groups excluding carboxylic acids is 1. The van der Waals surface area contributed by atoms with Crippen molar-refractivity contribution in [3.63, 3.8) is 0 Å². The molecule has 0 saturated carbocycles. The first-order valence-electron chi connectivity index (χ1n) is 9.45. The molecule has 2 heterocycles. The van der Waals surface area contributed by atoms with E-state index >= 15 is 0 Å². The SMILES string of the molecule is COCCN1C(=O)c2[nH]nc(-c3ccc(Cl)cc3)c2C1c1ccc(OC)cc1OC. The summed E-state index contributed by atoms with van der Waals surface area (Å²) in [5.74, 6) is 1.18. The van der Waals surface area contributed by atoms with Gasteiger partial charge in [-0.3, -0.25) is 9.89 Å². The highest BCUT2D eigenvalue weighted by molar-refractivity contribution is 6.30. The minimum atomic E-state index is -0.382. The van der Waals surface area contributed by atoms with Gasteiger partial charge in [-0.05, 0) is 24.3 Å². The number of rotatable bonds is 7. The summed E-state index contributed by atoms with van der Waals surface area (Å²) in [7, 11) is 4.82. The van der Waals surface area contributed by atoms with E-state index in [0.717, 1.165) is 16.7 Å². The number of fused-ring (bicyclic) bond motifs is 1. The van der Waals surface area contributed by atoms with E-state index in [4.69, 9.17) is 25.8 Å². The van der Waals surface area contributed by atoms with Gasteiger partial charge in [0.15, 0.2) is 0 Å². The van der Waals surface area contributed by atoms with E-state index in [1.165, 1.54) is 0 Å². The molecule has 1 aliphatic heterocycles. The predicted octanol–water partition coefficient (Wildman–Crippen LogP) is 3.94.